The maximum Gasteiger partial charge on any atom is 0.328 e. The third-order valence-corrected chi connectivity index (χ3v) is 4.25. The number of amides is 2. The maximum absolute atomic E-state index is 12.4. The van der Waals surface area contributed by atoms with Gasteiger partial charge in [0, 0.05) is 0 Å². The van der Waals surface area contributed by atoms with Crippen LogP contribution in [0.1, 0.15) is 25.8 Å². The van der Waals surface area contributed by atoms with Crippen LogP contribution in [-0.2, 0) is 19.1 Å². The van der Waals surface area contributed by atoms with Crippen LogP contribution < -0.4 is 15.4 Å². The summed E-state index contributed by atoms with van der Waals surface area (Å²) in [5, 5.41) is 14.3. The molecule has 2 N–H and O–H groups in total. The van der Waals surface area contributed by atoms with Crippen molar-refractivity contribution in [2.24, 2.45) is 5.92 Å². The Bertz CT molecular complexity index is 938. The lowest BCUT2D eigenvalue weighted by Gasteiger charge is -2.21. The van der Waals surface area contributed by atoms with Crippen LogP contribution in [0.3, 0.4) is 0 Å². The molecule has 2 aromatic rings. The molecule has 0 saturated carbocycles. The summed E-state index contributed by atoms with van der Waals surface area (Å²) < 4.78 is 10.5. The molecule has 0 spiro atoms. The maximum atomic E-state index is 12.4. The van der Waals surface area contributed by atoms with Crippen LogP contribution >= 0.6 is 0 Å². The zero-order valence-corrected chi connectivity index (χ0v) is 17.5. The van der Waals surface area contributed by atoms with Gasteiger partial charge in [0.15, 0.2) is 6.61 Å². The van der Waals surface area contributed by atoms with Gasteiger partial charge in [-0.2, -0.15) is 5.26 Å². The summed E-state index contributed by atoms with van der Waals surface area (Å²) in [6.45, 7) is 3.16. The topological polar surface area (TPSA) is 118 Å². The van der Waals surface area contributed by atoms with Gasteiger partial charge in [0.25, 0.3) is 5.91 Å². The summed E-state index contributed by atoms with van der Waals surface area (Å²) >= 11 is 0. The quantitative estimate of drug-likeness (QED) is 0.567. The van der Waals surface area contributed by atoms with E-state index in [1.165, 1.54) is 0 Å². The molecule has 8 heteroatoms. The van der Waals surface area contributed by atoms with Crippen molar-refractivity contribution in [2.75, 3.05) is 18.5 Å². The summed E-state index contributed by atoms with van der Waals surface area (Å²) in [6.07, 6.45) is -0.0820. The molecule has 2 amide bonds. The van der Waals surface area contributed by atoms with Crippen molar-refractivity contribution in [3.8, 4) is 11.8 Å². The number of esters is 1. The molecular formula is C23H25N3O5. The van der Waals surface area contributed by atoms with Gasteiger partial charge in [-0.25, -0.2) is 4.79 Å². The highest BCUT2D eigenvalue weighted by Gasteiger charge is 2.26. The molecule has 31 heavy (non-hydrogen) atoms. The molecule has 0 fully saturated rings. The molecule has 0 aliphatic heterocycles. The number of benzene rings is 2. The van der Waals surface area contributed by atoms with E-state index in [-0.39, 0.29) is 25.6 Å². The van der Waals surface area contributed by atoms with E-state index in [0.29, 0.717) is 17.0 Å². The van der Waals surface area contributed by atoms with Crippen LogP contribution in [0, 0.1) is 17.2 Å². The minimum absolute atomic E-state index is 0.0820. The summed E-state index contributed by atoms with van der Waals surface area (Å²) in [5.41, 5.74) is 0.736. The highest BCUT2D eigenvalue weighted by atomic mass is 16.5. The summed E-state index contributed by atoms with van der Waals surface area (Å²) in [4.78, 5) is 36.6. The van der Waals surface area contributed by atoms with Crippen LogP contribution in [0.4, 0.5) is 5.69 Å². The molecule has 0 aromatic heterocycles. The molecule has 0 aliphatic rings. The van der Waals surface area contributed by atoms with Crippen molar-refractivity contribution in [2.45, 2.75) is 26.3 Å². The Kier molecular flexibility index (Phi) is 9.05. The normalized spacial score (nSPS) is 11.2. The smallest absolute Gasteiger partial charge is 0.328 e. The standard InChI is InChI=1S/C23H25N3O5/c1-16(2)22(26-21(28)15-31-18-9-4-3-5-10-18)23(29)30-13-12-20(27)25-19-11-7-6-8-17(19)14-24/h3-11,16,22H,12-13,15H2,1-2H3,(H,25,27)(H,26,28)/t22-/m0/s1. The number of nitrogens with zero attached hydrogens (tertiary/aromatic N) is 1. The second-order valence-electron chi connectivity index (χ2n) is 7.01. The van der Waals surface area contributed by atoms with Crippen molar-refractivity contribution in [3.63, 3.8) is 0 Å². The van der Waals surface area contributed by atoms with Crippen LogP contribution in [0.5, 0.6) is 5.75 Å². The van der Waals surface area contributed by atoms with E-state index in [2.05, 4.69) is 10.6 Å². The van der Waals surface area contributed by atoms with E-state index in [1.807, 2.05) is 12.1 Å². The molecule has 0 heterocycles. The first kappa shape index (κ1) is 23.4. The van der Waals surface area contributed by atoms with Crippen molar-refractivity contribution in [1.82, 2.24) is 5.32 Å². The van der Waals surface area contributed by atoms with Crippen LogP contribution in [0.15, 0.2) is 54.6 Å². The average molecular weight is 423 g/mol. The van der Waals surface area contributed by atoms with Crippen molar-refractivity contribution < 1.29 is 23.9 Å². The van der Waals surface area contributed by atoms with Crippen molar-refractivity contribution in [3.05, 3.63) is 60.2 Å². The number of para-hydroxylation sites is 2. The van der Waals surface area contributed by atoms with E-state index >= 15 is 0 Å². The van der Waals surface area contributed by atoms with E-state index in [1.54, 1.807) is 62.4 Å². The number of carbonyl (C=O) groups excluding carboxylic acids is 3. The molecule has 8 nitrogen and oxygen atoms in total. The molecular weight excluding hydrogens is 398 g/mol. The molecule has 1 atom stereocenters. The van der Waals surface area contributed by atoms with E-state index < -0.39 is 23.8 Å². The average Bonchev–Trinajstić information content (AvgIpc) is 2.76. The summed E-state index contributed by atoms with van der Waals surface area (Å²) in [7, 11) is 0. The fourth-order valence-corrected chi connectivity index (χ4v) is 2.61. The zero-order chi connectivity index (χ0) is 22.6. The molecule has 0 aliphatic carbocycles. The molecule has 2 aromatic carbocycles. The Morgan fingerprint density at radius 2 is 1.68 bits per heavy atom. The number of anilines is 1. The van der Waals surface area contributed by atoms with Crippen LogP contribution in [-0.4, -0.2) is 37.0 Å². The van der Waals surface area contributed by atoms with Crippen molar-refractivity contribution >= 4 is 23.5 Å². The second kappa shape index (κ2) is 12.0. The summed E-state index contributed by atoms with van der Waals surface area (Å²) in [5.74, 6) is -1.15. The number of hydrogen-bond acceptors (Lipinski definition) is 6. The van der Waals surface area contributed by atoms with E-state index in [0.717, 1.165) is 0 Å². The predicted octanol–water partition coefficient (Wildman–Crippen LogP) is 2.65. The fraction of sp³-hybridized carbons (Fsp3) is 0.304. The molecule has 0 radical (unpaired) electrons. The Morgan fingerprint density at radius 3 is 2.35 bits per heavy atom. The first-order valence-corrected chi connectivity index (χ1v) is 9.83. The van der Waals surface area contributed by atoms with Gasteiger partial charge in [-0.05, 0) is 30.2 Å². The number of ether oxygens (including phenoxy) is 2. The van der Waals surface area contributed by atoms with Gasteiger partial charge >= 0.3 is 5.97 Å². The Hall–Kier alpha value is -3.86. The van der Waals surface area contributed by atoms with Gasteiger partial charge < -0.3 is 20.1 Å². The van der Waals surface area contributed by atoms with Gasteiger partial charge in [0.2, 0.25) is 5.91 Å². The third-order valence-electron chi connectivity index (χ3n) is 4.25. The largest absolute Gasteiger partial charge is 0.484 e. The lowest BCUT2D eigenvalue weighted by molar-refractivity contribution is -0.149. The number of nitrogens with one attached hydrogen (secondary N) is 2. The van der Waals surface area contributed by atoms with Crippen LogP contribution in [0.2, 0.25) is 0 Å². The Balaban J connectivity index is 1.79. The number of hydrogen-bond donors (Lipinski definition) is 2. The lowest BCUT2D eigenvalue weighted by atomic mass is 10.0. The number of nitriles is 1. The van der Waals surface area contributed by atoms with Gasteiger partial charge in [0.05, 0.1) is 17.7 Å². The number of carbonyl (C=O) groups is 3. The first-order chi connectivity index (χ1) is 14.9. The first-order valence-electron chi connectivity index (χ1n) is 9.83. The Morgan fingerprint density at radius 1 is 1.00 bits per heavy atom. The molecule has 162 valence electrons. The van der Waals surface area contributed by atoms with Gasteiger partial charge in [-0.3, -0.25) is 9.59 Å². The van der Waals surface area contributed by atoms with Gasteiger partial charge in [-0.15, -0.1) is 0 Å². The zero-order valence-electron chi connectivity index (χ0n) is 17.5. The number of rotatable bonds is 10. The molecule has 2 rings (SSSR count). The highest BCUT2D eigenvalue weighted by molar-refractivity contribution is 5.92. The van der Waals surface area contributed by atoms with E-state index in [9.17, 15) is 14.4 Å². The van der Waals surface area contributed by atoms with Crippen LogP contribution in [0.25, 0.3) is 0 Å². The molecule has 0 saturated heterocycles. The lowest BCUT2D eigenvalue weighted by Crippen LogP contribution is -2.47. The minimum atomic E-state index is -0.866. The van der Waals surface area contributed by atoms with E-state index in [4.69, 9.17) is 14.7 Å². The Labute approximate surface area is 181 Å². The highest BCUT2D eigenvalue weighted by Crippen LogP contribution is 2.14. The third kappa shape index (κ3) is 7.82. The molecule has 0 unspecified atom stereocenters. The molecule has 0 bridgehead atoms. The SMILES string of the molecule is CC(C)[C@H](NC(=O)COc1ccccc1)C(=O)OCCC(=O)Nc1ccccc1C#N. The van der Waals surface area contributed by atoms with Crippen molar-refractivity contribution in [1.29, 1.82) is 5.26 Å². The predicted molar refractivity (Wildman–Crippen MR) is 114 cm³/mol. The van der Waals surface area contributed by atoms with Gasteiger partial charge in [0.1, 0.15) is 24.5 Å². The second-order valence-corrected chi connectivity index (χ2v) is 7.01. The monoisotopic (exact) mass is 423 g/mol. The fourth-order valence-electron chi connectivity index (χ4n) is 2.61. The minimum Gasteiger partial charge on any atom is -0.484 e. The summed E-state index contributed by atoms with van der Waals surface area (Å²) in [6, 6.07) is 16.6. The van der Waals surface area contributed by atoms with Gasteiger partial charge in [-0.1, -0.05) is 44.2 Å².